The van der Waals surface area contributed by atoms with Crippen LogP contribution >= 0.6 is 0 Å². The average molecular weight is 614 g/mol. The SMILES string of the molecule is c1ccc(-c2ccc(N(c3ccc4oc5ccccc5c4c3)c3cc(-c4ccc5ccccc5c4)ccc3-c3ccccc3)cc2)cc1. The zero-order chi connectivity index (χ0) is 31.9. The Kier molecular flexibility index (Phi) is 6.84. The molecule has 226 valence electrons. The molecule has 0 amide bonds. The number of benzene rings is 8. The zero-order valence-corrected chi connectivity index (χ0v) is 26.3. The van der Waals surface area contributed by atoms with Gasteiger partial charge in [0, 0.05) is 27.7 Å². The van der Waals surface area contributed by atoms with Crippen molar-refractivity contribution < 1.29 is 4.42 Å². The molecule has 0 bridgehead atoms. The molecule has 0 atom stereocenters. The topological polar surface area (TPSA) is 16.4 Å². The standard InChI is InChI=1S/C46H31NO/c1-3-11-32(12-4-1)34-21-24-39(25-22-34)47(40-26-28-46-43(31-40)42-17-9-10-18-45(42)48-46)44-30-38(23-27-41(44)35-14-5-2-6-15-35)37-20-19-33-13-7-8-16-36(33)29-37/h1-31H. The van der Waals surface area contributed by atoms with Gasteiger partial charge in [-0.2, -0.15) is 0 Å². The third-order valence-corrected chi connectivity index (χ3v) is 9.26. The molecule has 0 radical (unpaired) electrons. The van der Waals surface area contributed by atoms with E-state index in [1.165, 1.54) is 33.0 Å². The van der Waals surface area contributed by atoms with Gasteiger partial charge in [-0.3, -0.25) is 0 Å². The Hall–Kier alpha value is -6.38. The molecule has 0 aliphatic heterocycles. The van der Waals surface area contributed by atoms with Gasteiger partial charge in [0.25, 0.3) is 0 Å². The highest BCUT2D eigenvalue weighted by Gasteiger charge is 2.20. The lowest BCUT2D eigenvalue weighted by Crippen LogP contribution is -2.11. The van der Waals surface area contributed by atoms with E-state index in [1.54, 1.807) is 0 Å². The maximum Gasteiger partial charge on any atom is 0.135 e. The van der Waals surface area contributed by atoms with E-state index in [0.29, 0.717) is 0 Å². The number of fused-ring (bicyclic) bond motifs is 4. The fourth-order valence-electron chi connectivity index (χ4n) is 6.84. The third-order valence-electron chi connectivity index (χ3n) is 9.26. The van der Waals surface area contributed by atoms with Gasteiger partial charge in [0.05, 0.1) is 5.69 Å². The van der Waals surface area contributed by atoms with Crippen molar-refractivity contribution in [3.05, 3.63) is 188 Å². The first-order chi connectivity index (χ1) is 23.8. The Balaban J connectivity index is 1.28. The summed E-state index contributed by atoms with van der Waals surface area (Å²) in [6.45, 7) is 0. The minimum Gasteiger partial charge on any atom is -0.456 e. The van der Waals surface area contributed by atoms with Gasteiger partial charge in [-0.25, -0.2) is 0 Å². The summed E-state index contributed by atoms with van der Waals surface area (Å²) in [5, 5.41) is 4.68. The highest BCUT2D eigenvalue weighted by molar-refractivity contribution is 6.07. The van der Waals surface area contributed by atoms with Crippen LogP contribution in [0.1, 0.15) is 0 Å². The van der Waals surface area contributed by atoms with Crippen LogP contribution in [0.2, 0.25) is 0 Å². The van der Waals surface area contributed by atoms with Crippen molar-refractivity contribution in [2.24, 2.45) is 0 Å². The fraction of sp³-hybridized carbons (Fsp3) is 0. The maximum atomic E-state index is 6.25. The van der Waals surface area contributed by atoms with Gasteiger partial charge in [0.15, 0.2) is 0 Å². The number of hydrogen-bond donors (Lipinski definition) is 0. The largest absolute Gasteiger partial charge is 0.456 e. The molecule has 48 heavy (non-hydrogen) atoms. The molecule has 0 aliphatic carbocycles. The lowest BCUT2D eigenvalue weighted by atomic mass is 9.95. The highest BCUT2D eigenvalue weighted by Crippen LogP contribution is 2.45. The fourth-order valence-corrected chi connectivity index (χ4v) is 6.84. The van der Waals surface area contributed by atoms with Gasteiger partial charge in [-0.15, -0.1) is 0 Å². The summed E-state index contributed by atoms with van der Waals surface area (Å²) in [4.78, 5) is 2.39. The number of rotatable bonds is 6. The summed E-state index contributed by atoms with van der Waals surface area (Å²) in [5.74, 6) is 0. The van der Waals surface area contributed by atoms with Crippen LogP contribution in [0.3, 0.4) is 0 Å². The Morgan fingerprint density at radius 2 is 0.917 bits per heavy atom. The maximum absolute atomic E-state index is 6.25. The van der Waals surface area contributed by atoms with Crippen molar-refractivity contribution in [1.82, 2.24) is 0 Å². The van der Waals surface area contributed by atoms with Gasteiger partial charge in [-0.1, -0.05) is 140 Å². The van der Waals surface area contributed by atoms with Crippen molar-refractivity contribution in [2.45, 2.75) is 0 Å². The van der Waals surface area contributed by atoms with Crippen LogP contribution in [-0.2, 0) is 0 Å². The van der Waals surface area contributed by atoms with Crippen LogP contribution in [0.5, 0.6) is 0 Å². The van der Waals surface area contributed by atoms with Crippen molar-refractivity contribution in [3.63, 3.8) is 0 Å². The molecule has 1 aromatic heterocycles. The first kappa shape index (κ1) is 27.9. The Labute approximate surface area is 279 Å². The first-order valence-electron chi connectivity index (χ1n) is 16.3. The Morgan fingerprint density at radius 1 is 0.333 bits per heavy atom. The Morgan fingerprint density at radius 3 is 1.73 bits per heavy atom. The molecule has 2 heteroatoms. The van der Waals surface area contributed by atoms with Gasteiger partial charge in [-0.05, 0) is 87.1 Å². The van der Waals surface area contributed by atoms with Crippen LogP contribution in [0.25, 0.3) is 66.1 Å². The van der Waals surface area contributed by atoms with Crippen LogP contribution in [0.15, 0.2) is 192 Å². The molecule has 2 nitrogen and oxygen atoms in total. The molecule has 0 saturated heterocycles. The normalized spacial score (nSPS) is 11.3. The van der Waals surface area contributed by atoms with Crippen molar-refractivity contribution in [1.29, 1.82) is 0 Å². The van der Waals surface area contributed by atoms with Crippen LogP contribution in [-0.4, -0.2) is 0 Å². The number of anilines is 3. The van der Waals surface area contributed by atoms with Crippen LogP contribution in [0, 0.1) is 0 Å². The van der Waals surface area contributed by atoms with E-state index in [9.17, 15) is 0 Å². The van der Waals surface area contributed by atoms with E-state index < -0.39 is 0 Å². The summed E-state index contributed by atoms with van der Waals surface area (Å²) in [5.41, 5.74) is 12.1. The predicted molar refractivity (Wildman–Crippen MR) is 202 cm³/mol. The molecular formula is C46H31NO. The molecule has 0 N–H and O–H groups in total. The highest BCUT2D eigenvalue weighted by atomic mass is 16.3. The number of furan rings is 1. The molecule has 9 aromatic rings. The van der Waals surface area contributed by atoms with E-state index in [-0.39, 0.29) is 0 Å². The molecule has 0 spiro atoms. The minimum atomic E-state index is 0.882. The molecule has 8 aromatic carbocycles. The number of hydrogen-bond acceptors (Lipinski definition) is 2. The first-order valence-corrected chi connectivity index (χ1v) is 16.3. The van der Waals surface area contributed by atoms with Gasteiger partial charge >= 0.3 is 0 Å². The summed E-state index contributed by atoms with van der Waals surface area (Å²) in [6.07, 6.45) is 0. The smallest absolute Gasteiger partial charge is 0.135 e. The second-order valence-corrected chi connectivity index (χ2v) is 12.2. The minimum absolute atomic E-state index is 0.882. The lowest BCUT2D eigenvalue weighted by Gasteiger charge is -2.29. The van der Waals surface area contributed by atoms with E-state index in [4.69, 9.17) is 4.42 Å². The predicted octanol–water partition coefficient (Wildman–Crippen LogP) is 13.2. The van der Waals surface area contributed by atoms with Gasteiger partial charge in [0.2, 0.25) is 0 Å². The molecule has 0 fully saturated rings. The molecule has 9 rings (SSSR count). The Bertz CT molecular complexity index is 2550. The van der Waals surface area contributed by atoms with E-state index in [0.717, 1.165) is 50.1 Å². The molecule has 1 heterocycles. The third kappa shape index (κ3) is 5.01. The van der Waals surface area contributed by atoms with Crippen molar-refractivity contribution in [3.8, 4) is 33.4 Å². The second-order valence-electron chi connectivity index (χ2n) is 12.2. The summed E-state index contributed by atoms with van der Waals surface area (Å²) in [6, 6.07) is 67.1. The summed E-state index contributed by atoms with van der Waals surface area (Å²) < 4.78 is 6.25. The molecule has 0 saturated carbocycles. The quantitative estimate of drug-likeness (QED) is 0.185. The number of para-hydroxylation sites is 1. The molecule has 0 aliphatic rings. The van der Waals surface area contributed by atoms with Gasteiger partial charge < -0.3 is 9.32 Å². The lowest BCUT2D eigenvalue weighted by molar-refractivity contribution is 0.669. The van der Waals surface area contributed by atoms with Crippen molar-refractivity contribution in [2.75, 3.05) is 4.90 Å². The van der Waals surface area contributed by atoms with E-state index >= 15 is 0 Å². The summed E-state index contributed by atoms with van der Waals surface area (Å²) >= 11 is 0. The summed E-state index contributed by atoms with van der Waals surface area (Å²) in [7, 11) is 0. The van der Waals surface area contributed by atoms with E-state index in [1.807, 2.05) is 12.1 Å². The van der Waals surface area contributed by atoms with Crippen molar-refractivity contribution >= 4 is 49.8 Å². The second kappa shape index (κ2) is 11.8. The zero-order valence-electron chi connectivity index (χ0n) is 26.3. The molecule has 0 unspecified atom stereocenters. The van der Waals surface area contributed by atoms with Gasteiger partial charge in [0.1, 0.15) is 11.2 Å². The monoisotopic (exact) mass is 613 g/mol. The van der Waals surface area contributed by atoms with E-state index in [2.05, 4.69) is 181 Å². The number of nitrogens with zero attached hydrogens (tertiary/aromatic N) is 1. The average Bonchev–Trinajstić information content (AvgIpc) is 3.54. The van der Waals surface area contributed by atoms with Crippen LogP contribution in [0.4, 0.5) is 17.1 Å². The van der Waals surface area contributed by atoms with Crippen LogP contribution < -0.4 is 4.90 Å². The molecular weight excluding hydrogens is 583 g/mol.